The molecule has 1 fully saturated rings. The smallest absolute Gasteiger partial charge is 0.308 e. The first-order valence-corrected chi connectivity index (χ1v) is 8.70. The number of likely N-dealkylation sites (tertiary alicyclic amines) is 1. The van der Waals surface area contributed by atoms with Crippen LogP contribution in [0.1, 0.15) is 55.7 Å². The van der Waals surface area contributed by atoms with Gasteiger partial charge >= 0.3 is 5.97 Å². The van der Waals surface area contributed by atoms with Gasteiger partial charge in [0.15, 0.2) is 5.65 Å². The Morgan fingerprint density at radius 1 is 1.36 bits per heavy atom. The fraction of sp³-hybridized carbons (Fsp3) is 0.556. The predicted octanol–water partition coefficient (Wildman–Crippen LogP) is 2.65. The zero-order valence-corrected chi connectivity index (χ0v) is 15.1. The molecule has 7 nitrogen and oxygen atoms in total. The highest BCUT2D eigenvalue weighted by atomic mass is 16.4. The van der Waals surface area contributed by atoms with E-state index in [0.717, 1.165) is 5.69 Å². The maximum absolute atomic E-state index is 13.2. The zero-order valence-electron chi connectivity index (χ0n) is 15.1. The number of carboxylic acid groups (broad SMARTS) is 1. The van der Waals surface area contributed by atoms with E-state index in [2.05, 4.69) is 10.1 Å². The van der Waals surface area contributed by atoms with E-state index in [-0.39, 0.29) is 18.0 Å². The zero-order chi connectivity index (χ0) is 18.3. The number of hydrogen-bond donors (Lipinski definition) is 1. The number of nitrogens with zero attached hydrogens (tertiary/aromatic N) is 4. The summed E-state index contributed by atoms with van der Waals surface area (Å²) in [6, 6.07) is 1.58. The SMILES string of the molecule is Cc1cc(C(=O)N2CCC[C@H](C(=O)O)[C@@H]2C)c2cnn(C(C)C)c2n1. The van der Waals surface area contributed by atoms with Crippen LogP contribution in [0.2, 0.25) is 0 Å². The van der Waals surface area contributed by atoms with Gasteiger partial charge in [0.05, 0.1) is 23.1 Å². The van der Waals surface area contributed by atoms with Crippen molar-refractivity contribution in [2.75, 3.05) is 6.54 Å². The Balaban J connectivity index is 2.04. The molecule has 134 valence electrons. The molecule has 3 heterocycles. The van der Waals surface area contributed by atoms with Crippen molar-refractivity contribution in [3.8, 4) is 0 Å². The lowest BCUT2D eigenvalue weighted by atomic mass is 9.89. The third kappa shape index (κ3) is 2.99. The van der Waals surface area contributed by atoms with Crippen LogP contribution in [-0.2, 0) is 4.79 Å². The first kappa shape index (κ1) is 17.4. The topological polar surface area (TPSA) is 88.3 Å². The predicted molar refractivity (Wildman–Crippen MR) is 93.5 cm³/mol. The molecule has 1 aliphatic rings. The highest BCUT2D eigenvalue weighted by Gasteiger charge is 2.36. The van der Waals surface area contributed by atoms with Crippen LogP contribution in [0.4, 0.5) is 0 Å². The van der Waals surface area contributed by atoms with E-state index >= 15 is 0 Å². The second kappa shape index (κ2) is 6.46. The molecule has 1 saturated heterocycles. The second-order valence-electron chi connectivity index (χ2n) is 7.06. The molecule has 1 N–H and O–H groups in total. The quantitative estimate of drug-likeness (QED) is 0.925. The fourth-order valence-corrected chi connectivity index (χ4v) is 3.61. The summed E-state index contributed by atoms with van der Waals surface area (Å²) in [6.07, 6.45) is 2.99. The molecule has 0 bridgehead atoms. The molecule has 3 rings (SSSR count). The molecule has 2 aromatic rings. The Kier molecular flexibility index (Phi) is 4.49. The van der Waals surface area contributed by atoms with Crippen molar-refractivity contribution in [3.05, 3.63) is 23.5 Å². The summed E-state index contributed by atoms with van der Waals surface area (Å²) in [4.78, 5) is 30.9. The summed E-state index contributed by atoms with van der Waals surface area (Å²) in [7, 11) is 0. The van der Waals surface area contributed by atoms with Crippen molar-refractivity contribution in [2.24, 2.45) is 5.92 Å². The van der Waals surface area contributed by atoms with E-state index in [4.69, 9.17) is 0 Å². The first-order chi connectivity index (χ1) is 11.8. The van der Waals surface area contributed by atoms with Crippen molar-refractivity contribution >= 4 is 22.9 Å². The van der Waals surface area contributed by atoms with Crippen LogP contribution in [-0.4, -0.2) is 49.2 Å². The highest BCUT2D eigenvalue weighted by molar-refractivity contribution is 6.05. The number of aliphatic carboxylic acids is 1. The Morgan fingerprint density at radius 2 is 2.08 bits per heavy atom. The van der Waals surface area contributed by atoms with E-state index in [9.17, 15) is 14.7 Å². The molecule has 1 amide bonds. The molecule has 0 radical (unpaired) electrons. The maximum Gasteiger partial charge on any atom is 0.308 e. The molecule has 0 unspecified atom stereocenters. The number of aryl methyl sites for hydroxylation is 1. The largest absolute Gasteiger partial charge is 0.481 e. The minimum atomic E-state index is -0.839. The number of hydrogen-bond acceptors (Lipinski definition) is 4. The van der Waals surface area contributed by atoms with Gasteiger partial charge in [-0.05, 0) is 46.6 Å². The molecule has 0 aromatic carbocycles. The van der Waals surface area contributed by atoms with Gasteiger partial charge in [-0.1, -0.05) is 0 Å². The number of carbonyl (C=O) groups is 2. The summed E-state index contributed by atoms with van der Waals surface area (Å²) in [5.74, 6) is -1.50. The fourth-order valence-electron chi connectivity index (χ4n) is 3.61. The molecule has 7 heteroatoms. The standard InChI is InChI=1S/C18H24N4O3/c1-10(2)22-16-15(9-19-22)14(8-11(3)20-16)17(23)21-7-5-6-13(12(21)4)18(24)25/h8-10,12-13H,5-7H2,1-4H3,(H,24,25)/t12-,13-/m0/s1. The molecule has 2 aromatic heterocycles. The van der Waals surface area contributed by atoms with Crippen molar-refractivity contribution < 1.29 is 14.7 Å². The molecule has 0 spiro atoms. The molecule has 1 aliphatic heterocycles. The van der Waals surface area contributed by atoms with Crippen molar-refractivity contribution in [3.63, 3.8) is 0 Å². The minimum absolute atomic E-state index is 0.139. The average molecular weight is 344 g/mol. The van der Waals surface area contributed by atoms with E-state index < -0.39 is 11.9 Å². The summed E-state index contributed by atoms with van der Waals surface area (Å²) in [5, 5.41) is 14.5. The number of pyridine rings is 1. The number of aromatic nitrogens is 3. The lowest BCUT2D eigenvalue weighted by molar-refractivity contribution is -0.144. The van der Waals surface area contributed by atoms with Crippen LogP contribution in [0.15, 0.2) is 12.3 Å². The van der Waals surface area contributed by atoms with Gasteiger partial charge in [-0.25, -0.2) is 9.67 Å². The van der Waals surface area contributed by atoms with Crippen LogP contribution >= 0.6 is 0 Å². The third-order valence-corrected chi connectivity index (χ3v) is 4.98. The Hall–Kier alpha value is -2.44. The average Bonchev–Trinajstić information content (AvgIpc) is 2.97. The van der Waals surface area contributed by atoms with E-state index in [1.54, 1.807) is 21.8 Å². The summed E-state index contributed by atoms with van der Waals surface area (Å²) >= 11 is 0. The van der Waals surface area contributed by atoms with E-state index in [0.29, 0.717) is 36.0 Å². The van der Waals surface area contributed by atoms with Crippen LogP contribution < -0.4 is 0 Å². The summed E-state index contributed by atoms with van der Waals surface area (Å²) in [5.41, 5.74) is 1.99. The molecule has 0 saturated carbocycles. The van der Waals surface area contributed by atoms with Gasteiger partial charge in [-0.3, -0.25) is 9.59 Å². The van der Waals surface area contributed by atoms with Gasteiger partial charge < -0.3 is 10.0 Å². The highest BCUT2D eigenvalue weighted by Crippen LogP contribution is 2.28. The van der Waals surface area contributed by atoms with Crippen LogP contribution in [0.25, 0.3) is 11.0 Å². The maximum atomic E-state index is 13.2. The first-order valence-electron chi connectivity index (χ1n) is 8.70. The lowest BCUT2D eigenvalue weighted by Gasteiger charge is -2.37. The number of fused-ring (bicyclic) bond motifs is 1. The third-order valence-electron chi connectivity index (χ3n) is 4.98. The van der Waals surface area contributed by atoms with E-state index in [1.807, 2.05) is 27.7 Å². The Morgan fingerprint density at radius 3 is 2.72 bits per heavy atom. The number of carboxylic acids is 1. The van der Waals surface area contributed by atoms with Gasteiger partial charge in [0.25, 0.3) is 5.91 Å². The normalized spacial score (nSPS) is 21.1. The Labute approximate surface area is 146 Å². The van der Waals surface area contributed by atoms with E-state index in [1.165, 1.54) is 0 Å². The Bertz CT molecular complexity index is 827. The summed E-state index contributed by atoms with van der Waals surface area (Å²) < 4.78 is 1.80. The molecular weight excluding hydrogens is 320 g/mol. The van der Waals surface area contributed by atoms with Gasteiger partial charge in [0, 0.05) is 24.3 Å². The van der Waals surface area contributed by atoms with Crippen molar-refractivity contribution in [1.82, 2.24) is 19.7 Å². The van der Waals surface area contributed by atoms with Gasteiger partial charge in [-0.15, -0.1) is 0 Å². The van der Waals surface area contributed by atoms with Crippen molar-refractivity contribution in [2.45, 2.75) is 52.6 Å². The minimum Gasteiger partial charge on any atom is -0.481 e. The molecule has 25 heavy (non-hydrogen) atoms. The van der Waals surface area contributed by atoms with Crippen molar-refractivity contribution in [1.29, 1.82) is 0 Å². The van der Waals surface area contributed by atoms with Crippen LogP contribution in [0.5, 0.6) is 0 Å². The van der Waals surface area contributed by atoms with Gasteiger partial charge in [0.1, 0.15) is 0 Å². The van der Waals surface area contributed by atoms with Gasteiger partial charge in [0.2, 0.25) is 0 Å². The number of piperidine rings is 1. The summed E-state index contributed by atoms with van der Waals surface area (Å²) in [6.45, 7) is 8.28. The van der Waals surface area contributed by atoms with Gasteiger partial charge in [-0.2, -0.15) is 5.10 Å². The molecular formula is C18H24N4O3. The number of rotatable bonds is 3. The molecule has 0 aliphatic carbocycles. The number of carbonyl (C=O) groups excluding carboxylic acids is 1. The monoisotopic (exact) mass is 344 g/mol. The van der Waals surface area contributed by atoms with Crippen LogP contribution in [0.3, 0.4) is 0 Å². The van der Waals surface area contributed by atoms with Crippen LogP contribution in [0, 0.1) is 12.8 Å². The lowest BCUT2D eigenvalue weighted by Crippen LogP contribution is -2.49. The second-order valence-corrected chi connectivity index (χ2v) is 7.06. The number of amides is 1. The molecule has 2 atom stereocenters.